The average molecular weight is 529 g/mol. The van der Waals surface area contributed by atoms with Crippen LogP contribution in [0, 0.1) is 6.92 Å². The Morgan fingerprint density at radius 3 is 2.38 bits per heavy atom. The van der Waals surface area contributed by atoms with Gasteiger partial charge in [0.2, 0.25) is 21.8 Å². The van der Waals surface area contributed by atoms with E-state index in [0.717, 1.165) is 17.4 Å². The van der Waals surface area contributed by atoms with Crippen LogP contribution < -0.4 is 9.62 Å². The summed E-state index contributed by atoms with van der Waals surface area (Å²) in [5.74, 6) is -0.526. The number of carbonyl (C=O) groups excluding carboxylic acids is 2. The lowest BCUT2D eigenvalue weighted by Gasteiger charge is -2.31. The number of rotatable bonds is 11. The lowest BCUT2D eigenvalue weighted by Crippen LogP contribution is -2.48. The second-order valence-electron chi connectivity index (χ2n) is 8.02. The summed E-state index contributed by atoms with van der Waals surface area (Å²) in [6.45, 7) is 3.91. The molecular weight excluding hydrogens is 497 g/mol. The highest BCUT2D eigenvalue weighted by Gasteiger charge is 2.29. The van der Waals surface area contributed by atoms with Crippen molar-refractivity contribution in [2.45, 2.75) is 45.7 Å². The molecule has 10 heteroatoms. The normalized spacial score (nSPS) is 12.2. The fourth-order valence-corrected chi connectivity index (χ4v) is 5.11. The summed E-state index contributed by atoms with van der Waals surface area (Å²) in [4.78, 5) is 27.3. The van der Waals surface area contributed by atoms with Crippen LogP contribution in [-0.4, -0.2) is 51.0 Å². The van der Waals surface area contributed by atoms with Gasteiger partial charge in [0.25, 0.3) is 0 Å². The number of carbonyl (C=O) groups is 2. The third-order valence-electron chi connectivity index (χ3n) is 5.52. The van der Waals surface area contributed by atoms with Crippen LogP contribution in [0.4, 0.5) is 5.69 Å². The van der Waals surface area contributed by atoms with Gasteiger partial charge in [0.1, 0.15) is 6.04 Å². The zero-order valence-electron chi connectivity index (χ0n) is 19.8. The minimum Gasteiger partial charge on any atom is -0.357 e. The third kappa shape index (κ3) is 7.35. The fraction of sp³-hybridized carbons (Fsp3) is 0.417. The number of nitrogens with zero attached hydrogens (tertiary/aromatic N) is 2. The number of anilines is 1. The van der Waals surface area contributed by atoms with Crippen molar-refractivity contribution in [3.8, 4) is 0 Å². The molecule has 0 heterocycles. The first-order chi connectivity index (χ1) is 16.0. The smallest absolute Gasteiger partial charge is 0.242 e. The van der Waals surface area contributed by atoms with Crippen molar-refractivity contribution in [3.63, 3.8) is 0 Å². The molecule has 0 saturated carbocycles. The van der Waals surface area contributed by atoms with Crippen LogP contribution in [0.1, 0.15) is 37.3 Å². The molecule has 0 aliphatic carbocycles. The lowest BCUT2D eigenvalue weighted by molar-refractivity contribution is -0.141. The van der Waals surface area contributed by atoms with Crippen LogP contribution in [0.25, 0.3) is 0 Å². The predicted octanol–water partition coefficient (Wildman–Crippen LogP) is 4.40. The molecule has 2 rings (SSSR count). The van der Waals surface area contributed by atoms with E-state index in [9.17, 15) is 18.0 Å². The Bertz CT molecular complexity index is 1120. The molecule has 0 aliphatic heterocycles. The van der Waals surface area contributed by atoms with Gasteiger partial charge < -0.3 is 10.2 Å². The zero-order valence-corrected chi connectivity index (χ0v) is 22.2. The first kappa shape index (κ1) is 28.0. The number of likely N-dealkylation sites (N-methyl/N-ethyl adjacent to an activating group) is 1. The van der Waals surface area contributed by atoms with Gasteiger partial charge in [0.15, 0.2) is 0 Å². The van der Waals surface area contributed by atoms with Crippen molar-refractivity contribution in [2.75, 3.05) is 24.2 Å². The molecule has 0 spiro atoms. The molecule has 2 aromatic rings. The molecule has 0 fully saturated rings. The quantitative estimate of drug-likeness (QED) is 0.469. The van der Waals surface area contributed by atoms with Gasteiger partial charge in [0.05, 0.1) is 11.9 Å². The second kappa shape index (κ2) is 12.4. The van der Waals surface area contributed by atoms with Gasteiger partial charge in [-0.2, -0.15) is 0 Å². The van der Waals surface area contributed by atoms with Gasteiger partial charge in [-0.1, -0.05) is 54.4 Å². The number of hydrogen-bond acceptors (Lipinski definition) is 4. The van der Waals surface area contributed by atoms with Gasteiger partial charge in [0, 0.05) is 36.6 Å². The van der Waals surface area contributed by atoms with Crippen molar-refractivity contribution in [1.82, 2.24) is 10.2 Å². The Hall–Kier alpha value is -2.29. The zero-order chi connectivity index (χ0) is 25.5. The summed E-state index contributed by atoms with van der Waals surface area (Å²) >= 11 is 12.4. The highest BCUT2D eigenvalue weighted by Crippen LogP contribution is 2.27. The molecule has 0 saturated heterocycles. The SMILES string of the molecule is CC[C@H](C(=O)NC)N(Cc1ccccc1Cl)C(=O)CCCN(c1cc(Cl)ccc1C)S(C)(=O)=O. The minimum absolute atomic E-state index is 0.0591. The number of halogens is 2. The summed E-state index contributed by atoms with van der Waals surface area (Å²) < 4.78 is 26.2. The number of benzene rings is 2. The Morgan fingerprint density at radius 2 is 1.79 bits per heavy atom. The minimum atomic E-state index is -3.60. The molecule has 186 valence electrons. The molecule has 0 radical (unpaired) electrons. The standard InChI is InChI=1S/C24H31Cl2N3O4S/c1-5-21(24(31)27-3)28(16-18-9-6-7-10-20(18)26)23(30)11-8-14-29(34(4,32)33)22-15-19(25)13-12-17(22)2/h6-7,9-10,12-13,15,21H,5,8,11,14,16H2,1-4H3,(H,27,31)/t21-/m1/s1. The van der Waals surface area contributed by atoms with E-state index in [4.69, 9.17) is 23.2 Å². The van der Waals surface area contributed by atoms with E-state index in [1.165, 1.54) is 16.3 Å². The highest BCUT2D eigenvalue weighted by molar-refractivity contribution is 7.92. The van der Waals surface area contributed by atoms with Crippen LogP contribution >= 0.6 is 23.2 Å². The van der Waals surface area contributed by atoms with E-state index in [1.54, 1.807) is 37.3 Å². The molecule has 1 N–H and O–H groups in total. The van der Waals surface area contributed by atoms with Crippen LogP contribution in [0.2, 0.25) is 10.0 Å². The van der Waals surface area contributed by atoms with E-state index in [-0.39, 0.29) is 37.7 Å². The van der Waals surface area contributed by atoms with E-state index in [2.05, 4.69) is 5.32 Å². The van der Waals surface area contributed by atoms with Crippen molar-refractivity contribution in [2.24, 2.45) is 0 Å². The van der Waals surface area contributed by atoms with Gasteiger partial charge in [-0.15, -0.1) is 0 Å². The molecule has 0 unspecified atom stereocenters. The maximum Gasteiger partial charge on any atom is 0.242 e. The van der Waals surface area contributed by atoms with Crippen LogP contribution in [-0.2, 0) is 26.2 Å². The lowest BCUT2D eigenvalue weighted by atomic mass is 10.1. The van der Waals surface area contributed by atoms with Crippen LogP contribution in [0.3, 0.4) is 0 Å². The van der Waals surface area contributed by atoms with Gasteiger partial charge in [-0.25, -0.2) is 8.42 Å². The molecule has 34 heavy (non-hydrogen) atoms. The largest absolute Gasteiger partial charge is 0.357 e. The first-order valence-corrected chi connectivity index (χ1v) is 13.6. The molecule has 1 atom stereocenters. The van der Waals surface area contributed by atoms with Gasteiger partial charge >= 0.3 is 0 Å². The maximum absolute atomic E-state index is 13.3. The summed E-state index contributed by atoms with van der Waals surface area (Å²) in [7, 11) is -2.07. The van der Waals surface area contributed by atoms with E-state index in [1.807, 2.05) is 19.1 Å². The summed E-state index contributed by atoms with van der Waals surface area (Å²) in [5, 5.41) is 3.54. The molecular formula is C24H31Cl2N3O4S. The highest BCUT2D eigenvalue weighted by atomic mass is 35.5. The molecule has 2 aromatic carbocycles. The third-order valence-corrected chi connectivity index (χ3v) is 7.31. The van der Waals surface area contributed by atoms with E-state index < -0.39 is 16.1 Å². The van der Waals surface area contributed by atoms with Crippen LogP contribution in [0.15, 0.2) is 42.5 Å². The van der Waals surface area contributed by atoms with E-state index in [0.29, 0.717) is 22.2 Å². The number of nitrogens with one attached hydrogen (secondary N) is 1. The van der Waals surface area contributed by atoms with Gasteiger partial charge in [-0.3, -0.25) is 13.9 Å². The molecule has 0 aromatic heterocycles. The summed E-state index contributed by atoms with van der Waals surface area (Å²) in [5.41, 5.74) is 1.96. The van der Waals surface area contributed by atoms with Crippen molar-refractivity contribution in [1.29, 1.82) is 0 Å². The Balaban J connectivity index is 2.24. The molecule has 0 aliphatic rings. The molecule has 7 nitrogen and oxygen atoms in total. The fourth-order valence-electron chi connectivity index (χ4n) is 3.73. The summed E-state index contributed by atoms with van der Waals surface area (Å²) in [6, 6.07) is 11.5. The monoisotopic (exact) mass is 527 g/mol. The topological polar surface area (TPSA) is 86.8 Å². The predicted molar refractivity (Wildman–Crippen MR) is 138 cm³/mol. The number of sulfonamides is 1. The number of aryl methyl sites for hydroxylation is 1. The summed E-state index contributed by atoms with van der Waals surface area (Å²) in [6.07, 6.45) is 1.87. The average Bonchev–Trinajstić information content (AvgIpc) is 2.78. The Kier molecular flexibility index (Phi) is 10.2. The van der Waals surface area contributed by atoms with E-state index >= 15 is 0 Å². The van der Waals surface area contributed by atoms with Crippen molar-refractivity contribution < 1.29 is 18.0 Å². The molecule has 0 bridgehead atoms. The second-order valence-corrected chi connectivity index (χ2v) is 10.8. The van der Waals surface area contributed by atoms with Crippen LogP contribution in [0.5, 0.6) is 0 Å². The van der Waals surface area contributed by atoms with Crippen molar-refractivity contribution >= 4 is 50.7 Å². The first-order valence-electron chi connectivity index (χ1n) is 11.0. The maximum atomic E-state index is 13.3. The van der Waals surface area contributed by atoms with Crippen molar-refractivity contribution in [3.05, 3.63) is 63.6 Å². The Morgan fingerprint density at radius 1 is 1.12 bits per heavy atom. The van der Waals surface area contributed by atoms with Gasteiger partial charge in [-0.05, 0) is 49.1 Å². The number of amides is 2. The Labute approximate surface area is 212 Å². The molecule has 2 amide bonds. The number of hydrogen-bond donors (Lipinski definition) is 1.